The Morgan fingerprint density at radius 2 is 2.29 bits per heavy atom. The lowest BCUT2D eigenvalue weighted by Crippen LogP contribution is -2.19. The van der Waals surface area contributed by atoms with Crippen molar-refractivity contribution in [1.29, 1.82) is 0 Å². The predicted molar refractivity (Wildman–Crippen MR) is 65.3 cm³/mol. The normalized spacial score (nSPS) is 10.7. The molecule has 0 atom stereocenters. The van der Waals surface area contributed by atoms with E-state index in [0.717, 1.165) is 13.1 Å². The molecule has 0 aliphatic heterocycles. The fraction of sp³-hybridized carbons (Fsp3) is 0.250. The third kappa shape index (κ3) is 3.28. The van der Waals surface area contributed by atoms with Crippen LogP contribution in [0.25, 0.3) is 0 Å². The number of aromatic nitrogens is 2. The first kappa shape index (κ1) is 12.1. The fourth-order valence-corrected chi connectivity index (χ4v) is 1.77. The zero-order chi connectivity index (χ0) is 12.1. The Balaban J connectivity index is 1.82. The molecule has 1 heterocycles. The van der Waals surface area contributed by atoms with Gasteiger partial charge in [-0.2, -0.15) is 0 Å². The van der Waals surface area contributed by atoms with E-state index in [1.165, 1.54) is 6.07 Å². The third-order valence-corrected chi connectivity index (χ3v) is 2.82. The second-order valence-electron chi connectivity index (χ2n) is 3.68. The number of hydrogen-bond acceptors (Lipinski definition) is 2. The van der Waals surface area contributed by atoms with E-state index in [0.29, 0.717) is 17.1 Å². The van der Waals surface area contributed by atoms with Crippen molar-refractivity contribution in [1.82, 2.24) is 14.9 Å². The van der Waals surface area contributed by atoms with Gasteiger partial charge < -0.3 is 9.88 Å². The summed E-state index contributed by atoms with van der Waals surface area (Å²) in [4.78, 5) is 3.94. The molecule has 1 aromatic carbocycles. The summed E-state index contributed by atoms with van der Waals surface area (Å²) in [7, 11) is 0. The van der Waals surface area contributed by atoms with Crippen LogP contribution in [0.1, 0.15) is 5.56 Å². The minimum atomic E-state index is -0.271. The first-order valence-electron chi connectivity index (χ1n) is 5.36. The van der Waals surface area contributed by atoms with Crippen LogP contribution in [0.5, 0.6) is 0 Å². The number of halogens is 2. The summed E-state index contributed by atoms with van der Waals surface area (Å²) in [5, 5.41) is 3.61. The molecule has 3 nitrogen and oxygen atoms in total. The van der Waals surface area contributed by atoms with Gasteiger partial charge in [0.1, 0.15) is 5.82 Å². The first-order valence-corrected chi connectivity index (χ1v) is 5.74. The number of nitrogens with one attached hydrogen (secondary N) is 1. The van der Waals surface area contributed by atoms with Crippen LogP contribution in [0.3, 0.4) is 0 Å². The quantitative estimate of drug-likeness (QED) is 0.830. The molecule has 0 aliphatic rings. The van der Waals surface area contributed by atoms with Gasteiger partial charge in [-0.05, 0) is 12.1 Å². The van der Waals surface area contributed by atoms with Crippen molar-refractivity contribution in [2.45, 2.75) is 13.1 Å². The van der Waals surface area contributed by atoms with Crippen LogP contribution in [0, 0.1) is 5.82 Å². The molecule has 2 rings (SSSR count). The molecule has 0 amide bonds. The van der Waals surface area contributed by atoms with Gasteiger partial charge >= 0.3 is 0 Å². The maximum absolute atomic E-state index is 13.4. The predicted octanol–water partition coefficient (Wildman–Crippen LogP) is 2.47. The van der Waals surface area contributed by atoms with Crippen LogP contribution < -0.4 is 5.32 Å². The summed E-state index contributed by atoms with van der Waals surface area (Å²) in [6.45, 7) is 1.97. The molecular weight excluding hydrogens is 241 g/mol. The standard InChI is InChI=1S/C12H13ClFN3/c13-11-2-1-3-12(14)10(11)8-15-4-6-17-7-5-16-9-17/h1-3,5,7,9,15H,4,6,8H2. The van der Waals surface area contributed by atoms with E-state index in [4.69, 9.17) is 11.6 Å². The van der Waals surface area contributed by atoms with E-state index >= 15 is 0 Å². The van der Waals surface area contributed by atoms with Crippen LogP contribution in [0.15, 0.2) is 36.9 Å². The number of benzene rings is 1. The molecule has 0 spiro atoms. The van der Waals surface area contributed by atoms with Gasteiger partial charge in [0.15, 0.2) is 0 Å². The molecule has 0 unspecified atom stereocenters. The number of rotatable bonds is 5. The number of nitrogens with zero attached hydrogens (tertiary/aromatic N) is 2. The Hall–Kier alpha value is -1.39. The van der Waals surface area contributed by atoms with Crippen molar-refractivity contribution >= 4 is 11.6 Å². The van der Waals surface area contributed by atoms with Gasteiger partial charge in [0, 0.05) is 42.6 Å². The maximum Gasteiger partial charge on any atom is 0.129 e. The number of imidazole rings is 1. The van der Waals surface area contributed by atoms with Gasteiger partial charge in [-0.1, -0.05) is 17.7 Å². The second kappa shape index (κ2) is 5.80. The summed E-state index contributed by atoms with van der Waals surface area (Å²) in [5.74, 6) is -0.271. The van der Waals surface area contributed by atoms with Crippen LogP contribution in [-0.2, 0) is 13.1 Å². The highest BCUT2D eigenvalue weighted by molar-refractivity contribution is 6.31. The summed E-state index contributed by atoms with van der Waals surface area (Å²) < 4.78 is 15.4. The molecule has 1 N–H and O–H groups in total. The van der Waals surface area contributed by atoms with Crippen LogP contribution in [-0.4, -0.2) is 16.1 Å². The molecular formula is C12H13ClFN3. The fourth-order valence-electron chi connectivity index (χ4n) is 1.54. The summed E-state index contributed by atoms with van der Waals surface area (Å²) in [6.07, 6.45) is 5.36. The molecule has 5 heteroatoms. The zero-order valence-electron chi connectivity index (χ0n) is 9.24. The van der Waals surface area contributed by atoms with E-state index in [1.54, 1.807) is 24.7 Å². The molecule has 17 heavy (non-hydrogen) atoms. The largest absolute Gasteiger partial charge is 0.336 e. The van der Waals surface area contributed by atoms with Crippen molar-refractivity contribution in [2.75, 3.05) is 6.54 Å². The Labute approximate surface area is 104 Å². The Morgan fingerprint density at radius 3 is 3.00 bits per heavy atom. The lowest BCUT2D eigenvalue weighted by molar-refractivity contribution is 0.565. The topological polar surface area (TPSA) is 29.9 Å². The Bertz CT molecular complexity index is 450. The monoisotopic (exact) mass is 253 g/mol. The lowest BCUT2D eigenvalue weighted by Gasteiger charge is -2.08. The molecule has 0 radical (unpaired) electrons. The zero-order valence-corrected chi connectivity index (χ0v) is 9.99. The SMILES string of the molecule is Fc1cccc(Cl)c1CNCCn1ccnc1. The first-order chi connectivity index (χ1) is 8.27. The summed E-state index contributed by atoms with van der Waals surface area (Å²) >= 11 is 5.91. The minimum Gasteiger partial charge on any atom is -0.336 e. The second-order valence-corrected chi connectivity index (χ2v) is 4.08. The highest BCUT2D eigenvalue weighted by Crippen LogP contribution is 2.18. The van der Waals surface area contributed by atoms with E-state index in [9.17, 15) is 4.39 Å². The Kier molecular flexibility index (Phi) is 4.12. The van der Waals surface area contributed by atoms with Crippen molar-refractivity contribution in [3.63, 3.8) is 0 Å². The molecule has 90 valence electrons. The van der Waals surface area contributed by atoms with Crippen molar-refractivity contribution in [3.8, 4) is 0 Å². The lowest BCUT2D eigenvalue weighted by atomic mass is 10.2. The van der Waals surface area contributed by atoms with E-state index in [-0.39, 0.29) is 5.82 Å². The third-order valence-electron chi connectivity index (χ3n) is 2.47. The molecule has 0 fully saturated rings. The summed E-state index contributed by atoms with van der Waals surface area (Å²) in [6, 6.07) is 4.71. The molecule has 2 aromatic rings. The molecule has 0 saturated carbocycles. The molecule has 0 saturated heterocycles. The van der Waals surface area contributed by atoms with Gasteiger partial charge in [-0.25, -0.2) is 9.37 Å². The van der Waals surface area contributed by atoms with Crippen LogP contribution in [0.4, 0.5) is 4.39 Å². The average Bonchev–Trinajstić information content (AvgIpc) is 2.80. The van der Waals surface area contributed by atoms with Crippen LogP contribution >= 0.6 is 11.6 Å². The smallest absolute Gasteiger partial charge is 0.129 e. The van der Waals surface area contributed by atoms with Gasteiger partial charge in [0.05, 0.1) is 6.33 Å². The molecule has 0 aliphatic carbocycles. The minimum absolute atomic E-state index is 0.271. The van der Waals surface area contributed by atoms with Crippen molar-refractivity contribution in [2.24, 2.45) is 0 Å². The number of hydrogen-bond donors (Lipinski definition) is 1. The van der Waals surface area contributed by atoms with Gasteiger partial charge in [-0.3, -0.25) is 0 Å². The van der Waals surface area contributed by atoms with E-state index in [2.05, 4.69) is 10.3 Å². The van der Waals surface area contributed by atoms with Crippen molar-refractivity contribution < 1.29 is 4.39 Å². The van der Waals surface area contributed by atoms with Crippen LogP contribution in [0.2, 0.25) is 5.02 Å². The van der Waals surface area contributed by atoms with Gasteiger partial charge in [0.25, 0.3) is 0 Å². The van der Waals surface area contributed by atoms with Crippen molar-refractivity contribution in [3.05, 3.63) is 53.3 Å². The maximum atomic E-state index is 13.4. The van der Waals surface area contributed by atoms with E-state index in [1.807, 2.05) is 10.8 Å². The van der Waals surface area contributed by atoms with Gasteiger partial charge in [0.2, 0.25) is 0 Å². The summed E-state index contributed by atoms with van der Waals surface area (Å²) in [5.41, 5.74) is 0.514. The van der Waals surface area contributed by atoms with E-state index < -0.39 is 0 Å². The molecule has 1 aromatic heterocycles. The highest BCUT2D eigenvalue weighted by Gasteiger charge is 2.05. The Morgan fingerprint density at radius 1 is 1.41 bits per heavy atom. The highest BCUT2D eigenvalue weighted by atomic mass is 35.5. The average molecular weight is 254 g/mol. The van der Waals surface area contributed by atoms with Gasteiger partial charge in [-0.15, -0.1) is 0 Å². The molecule has 0 bridgehead atoms.